The van der Waals surface area contributed by atoms with Gasteiger partial charge in [0.25, 0.3) is 0 Å². The first-order chi connectivity index (χ1) is 16.7. The Labute approximate surface area is 211 Å². The summed E-state index contributed by atoms with van der Waals surface area (Å²) in [6.45, 7) is 5.78. The summed E-state index contributed by atoms with van der Waals surface area (Å²) in [7, 11) is 0.0958. The van der Waals surface area contributed by atoms with Crippen LogP contribution < -0.4 is 9.64 Å². The molecule has 2 heterocycles. The number of aromatic nitrogens is 1. The Morgan fingerprint density at radius 3 is 2.60 bits per heavy atom. The smallest absolute Gasteiger partial charge is 0.247 e. The number of thiazole rings is 1. The number of hydrogen-bond donors (Lipinski definition) is 0. The topological polar surface area (TPSA) is 83.1 Å². The molecule has 3 aromatic rings. The van der Waals surface area contributed by atoms with Crippen LogP contribution in [0.2, 0.25) is 0 Å². The van der Waals surface area contributed by atoms with Crippen molar-refractivity contribution in [1.29, 1.82) is 0 Å². The fourth-order valence-corrected chi connectivity index (χ4v) is 6.84. The van der Waals surface area contributed by atoms with E-state index in [9.17, 15) is 13.2 Å². The summed E-state index contributed by atoms with van der Waals surface area (Å²) < 4.78 is 34.8. The van der Waals surface area contributed by atoms with Crippen molar-refractivity contribution < 1.29 is 17.9 Å². The molecule has 2 aromatic carbocycles. The van der Waals surface area contributed by atoms with Crippen molar-refractivity contribution in [1.82, 2.24) is 14.2 Å². The number of hydrogen-bond acceptors (Lipinski definition) is 7. The lowest BCUT2D eigenvalue weighted by Gasteiger charge is -2.29. The molecule has 1 atom stereocenters. The Kier molecular flexibility index (Phi) is 7.75. The van der Waals surface area contributed by atoms with Gasteiger partial charge in [-0.3, -0.25) is 9.69 Å². The second-order valence-electron chi connectivity index (χ2n) is 8.94. The van der Waals surface area contributed by atoms with Crippen molar-refractivity contribution in [2.24, 2.45) is 0 Å². The zero-order chi connectivity index (χ0) is 25.2. The fourth-order valence-electron chi connectivity index (χ4n) is 4.16. The summed E-state index contributed by atoms with van der Waals surface area (Å²) >= 11 is 1.42. The third-order valence-electron chi connectivity index (χ3n) is 6.04. The lowest BCUT2D eigenvalue weighted by Crippen LogP contribution is -2.49. The highest BCUT2D eigenvalue weighted by atomic mass is 32.2. The van der Waals surface area contributed by atoms with Crippen LogP contribution in [0.25, 0.3) is 10.2 Å². The molecule has 0 N–H and O–H groups in total. The van der Waals surface area contributed by atoms with E-state index in [-0.39, 0.29) is 10.8 Å². The zero-order valence-electron chi connectivity index (χ0n) is 20.6. The number of benzene rings is 2. The lowest BCUT2D eigenvalue weighted by atomic mass is 10.2. The maximum Gasteiger partial charge on any atom is 0.247 e. The quantitative estimate of drug-likeness (QED) is 0.431. The summed E-state index contributed by atoms with van der Waals surface area (Å²) in [5.41, 5.74) is 1.77. The van der Waals surface area contributed by atoms with E-state index >= 15 is 0 Å². The third kappa shape index (κ3) is 5.50. The van der Waals surface area contributed by atoms with Crippen LogP contribution in [0, 0.1) is 6.92 Å². The molecule has 0 spiro atoms. The molecule has 1 aliphatic heterocycles. The largest absolute Gasteiger partial charge is 0.494 e. The normalized spacial score (nSPS) is 16.8. The molecule has 1 aromatic heterocycles. The van der Waals surface area contributed by atoms with Crippen LogP contribution in [-0.2, 0) is 14.8 Å². The second kappa shape index (κ2) is 10.6. The van der Waals surface area contributed by atoms with Gasteiger partial charge in [-0.2, -0.15) is 4.31 Å². The maximum absolute atomic E-state index is 13.9. The number of carbonyl (C=O) groups excluding carboxylic acids is 1. The molecule has 188 valence electrons. The van der Waals surface area contributed by atoms with E-state index in [4.69, 9.17) is 9.72 Å². The van der Waals surface area contributed by atoms with Crippen molar-refractivity contribution >= 4 is 42.6 Å². The lowest BCUT2D eigenvalue weighted by molar-refractivity contribution is -0.121. The van der Waals surface area contributed by atoms with Crippen LogP contribution >= 0.6 is 11.3 Å². The molecular weight excluding hydrogens is 484 g/mol. The monoisotopic (exact) mass is 516 g/mol. The van der Waals surface area contributed by atoms with E-state index in [1.165, 1.54) is 15.6 Å². The number of ether oxygens (including phenoxy) is 1. The number of likely N-dealkylation sites (N-methyl/N-ethyl adjacent to an activating group) is 1. The summed E-state index contributed by atoms with van der Waals surface area (Å²) in [6.07, 6.45) is 1.13. The summed E-state index contributed by atoms with van der Waals surface area (Å²) in [5.74, 6) is 0.525. The number of sulfonamides is 1. The molecule has 1 unspecified atom stereocenters. The molecule has 0 radical (unpaired) electrons. The van der Waals surface area contributed by atoms with Crippen LogP contribution in [0.1, 0.15) is 25.3 Å². The minimum Gasteiger partial charge on any atom is -0.494 e. The second-order valence-corrected chi connectivity index (χ2v) is 11.8. The van der Waals surface area contributed by atoms with Crippen LogP contribution in [0.15, 0.2) is 47.4 Å². The van der Waals surface area contributed by atoms with Crippen LogP contribution in [0.3, 0.4) is 0 Å². The van der Waals surface area contributed by atoms with Crippen LogP contribution in [-0.4, -0.2) is 74.9 Å². The van der Waals surface area contributed by atoms with E-state index in [1.54, 1.807) is 29.2 Å². The van der Waals surface area contributed by atoms with Gasteiger partial charge in [0.05, 0.1) is 21.7 Å². The van der Waals surface area contributed by atoms with Gasteiger partial charge in [-0.15, -0.1) is 0 Å². The SMILES string of the molecule is CCOc1ccc2nc(N(CCN(C)C)C(=O)C3CCCN3S(=O)(=O)c3ccc(C)cc3)sc2c1. The van der Waals surface area contributed by atoms with Crippen LogP contribution in [0.5, 0.6) is 5.75 Å². The average Bonchev–Trinajstić information content (AvgIpc) is 3.47. The molecule has 0 bridgehead atoms. The number of anilines is 1. The number of nitrogens with zero attached hydrogens (tertiary/aromatic N) is 4. The molecule has 35 heavy (non-hydrogen) atoms. The van der Waals surface area contributed by atoms with Gasteiger partial charge >= 0.3 is 0 Å². The molecule has 1 amide bonds. The molecule has 10 heteroatoms. The summed E-state index contributed by atoms with van der Waals surface area (Å²) in [6, 6.07) is 11.7. The van der Waals surface area contributed by atoms with Crippen molar-refractivity contribution in [2.45, 2.75) is 37.6 Å². The van der Waals surface area contributed by atoms with E-state index in [1.807, 2.05) is 51.0 Å². The summed E-state index contributed by atoms with van der Waals surface area (Å²) in [4.78, 5) is 22.5. The molecule has 0 saturated carbocycles. The fraction of sp³-hybridized carbons (Fsp3) is 0.440. The van der Waals surface area contributed by atoms with Crippen LogP contribution in [0.4, 0.5) is 5.13 Å². The van der Waals surface area contributed by atoms with Crippen molar-refractivity contribution in [3.05, 3.63) is 48.0 Å². The highest BCUT2D eigenvalue weighted by Gasteiger charge is 2.42. The van der Waals surface area contributed by atoms with Crippen molar-refractivity contribution in [2.75, 3.05) is 45.2 Å². The number of aryl methyl sites for hydroxylation is 1. The van der Waals surface area contributed by atoms with Crippen molar-refractivity contribution in [3.63, 3.8) is 0 Å². The minimum atomic E-state index is -3.79. The first-order valence-electron chi connectivity index (χ1n) is 11.8. The first-order valence-corrected chi connectivity index (χ1v) is 14.0. The summed E-state index contributed by atoms with van der Waals surface area (Å²) in [5, 5.41) is 0.570. The zero-order valence-corrected chi connectivity index (χ0v) is 22.2. The predicted molar refractivity (Wildman–Crippen MR) is 140 cm³/mol. The van der Waals surface area contributed by atoms with Gasteiger partial charge in [0, 0.05) is 19.6 Å². The number of amides is 1. The molecule has 1 aliphatic rings. The van der Waals surface area contributed by atoms with Crippen molar-refractivity contribution in [3.8, 4) is 5.75 Å². The first kappa shape index (κ1) is 25.6. The van der Waals surface area contributed by atoms with Gasteiger partial charge in [-0.25, -0.2) is 13.4 Å². The minimum absolute atomic E-state index is 0.214. The molecule has 4 rings (SSSR count). The van der Waals surface area contributed by atoms with E-state index < -0.39 is 16.1 Å². The van der Waals surface area contributed by atoms with Gasteiger partial charge in [0.2, 0.25) is 15.9 Å². The standard InChI is InChI=1S/C25H32N4O4S2/c1-5-33-19-10-13-21-23(17-19)34-25(26-21)28(16-15-27(3)4)24(30)22-7-6-14-29(22)35(31,32)20-11-8-18(2)9-12-20/h8-13,17,22H,5-7,14-16H2,1-4H3. The molecule has 1 saturated heterocycles. The third-order valence-corrected chi connectivity index (χ3v) is 9.01. The average molecular weight is 517 g/mol. The predicted octanol–water partition coefficient (Wildman–Crippen LogP) is 3.75. The van der Waals surface area contributed by atoms with E-state index in [0.717, 1.165) is 21.5 Å². The number of carbonyl (C=O) groups is 1. The van der Waals surface area contributed by atoms with E-state index in [0.29, 0.717) is 44.2 Å². The van der Waals surface area contributed by atoms with Gasteiger partial charge < -0.3 is 9.64 Å². The van der Waals surface area contributed by atoms with Gasteiger partial charge in [0.15, 0.2) is 5.13 Å². The highest BCUT2D eigenvalue weighted by molar-refractivity contribution is 7.89. The van der Waals surface area contributed by atoms with Gasteiger partial charge in [-0.1, -0.05) is 29.0 Å². The Balaban J connectivity index is 1.66. The Hall–Kier alpha value is -2.53. The Morgan fingerprint density at radius 2 is 1.91 bits per heavy atom. The maximum atomic E-state index is 13.9. The molecule has 8 nitrogen and oxygen atoms in total. The molecule has 0 aliphatic carbocycles. The van der Waals surface area contributed by atoms with E-state index in [2.05, 4.69) is 0 Å². The number of fused-ring (bicyclic) bond motifs is 1. The Bertz CT molecular complexity index is 1290. The highest BCUT2D eigenvalue weighted by Crippen LogP contribution is 2.34. The van der Waals surface area contributed by atoms with Gasteiger partial charge in [0.1, 0.15) is 11.8 Å². The molecular formula is C25H32N4O4S2. The molecule has 1 fully saturated rings. The Morgan fingerprint density at radius 1 is 1.17 bits per heavy atom. The van der Waals surface area contributed by atoms with Gasteiger partial charge in [-0.05, 0) is 71.1 Å². The number of rotatable bonds is 9.